The number of pyridine rings is 1. The van der Waals surface area contributed by atoms with Crippen LogP contribution < -0.4 is 9.04 Å². The lowest BCUT2D eigenvalue weighted by Crippen LogP contribution is -2.35. The molecule has 1 fully saturated rings. The van der Waals surface area contributed by atoms with Crippen LogP contribution in [0.1, 0.15) is 36.4 Å². The molecular formula is C26H21Cl2N3O3S2. The van der Waals surface area contributed by atoms with E-state index in [1.54, 1.807) is 35.6 Å². The maximum Gasteiger partial charge on any atom is 0.264 e. The number of anilines is 1. The van der Waals surface area contributed by atoms with Crippen molar-refractivity contribution in [2.24, 2.45) is 0 Å². The van der Waals surface area contributed by atoms with Crippen molar-refractivity contribution in [3.63, 3.8) is 0 Å². The molecule has 1 aliphatic carbocycles. The van der Waals surface area contributed by atoms with E-state index in [-0.39, 0.29) is 4.90 Å². The molecule has 0 spiro atoms. The van der Waals surface area contributed by atoms with Crippen LogP contribution in [0.25, 0.3) is 10.6 Å². The minimum Gasteiger partial charge on any atom is -0.439 e. The van der Waals surface area contributed by atoms with Gasteiger partial charge < -0.3 is 4.74 Å². The topological polar surface area (TPSA) is 72.4 Å². The Balaban J connectivity index is 1.31. The normalized spacial score (nSPS) is 15.6. The molecule has 0 saturated heterocycles. The van der Waals surface area contributed by atoms with Crippen LogP contribution >= 0.6 is 34.5 Å². The highest BCUT2D eigenvalue weighted by Crippen LogP contribution is 2.42. The molecule has 184 valence electrons. The fraction of sp³-hybridized carbons (Fsp3) is 0.231. The maximum atomic E-state index is 13.4. The minimum absolute atomic E-state index is 0.196. The molecule has 10 heteroatoms. The summed E-state index contributed by atoms with van der Waals surface area (Å²) in [6.07, 6.45) is 3.90. The molecule has 2 aromatic carbocycles. The summed E-state index contributed by atoms with van der Waals surface area (Å²) in [5, 5.41) is 3.76. The van der Waals surface area contributed by atoms with Crippen LogP contribution in [0.3, 0.4) is 0 Å². The average Bonchev–Trinajstić information content (AvgIpc) is 3.59. The highest BCUT2D eigenvalue weighted by molar-refractivity contribution is 7.92. The summed E-state index contributed by atoms with van der Waals surface area (Å²) in [5.74, 6) is 1.37. The number of rotatable bonds is 6. The van der Waals surface area contributed by atoms with E-state index >= 15 is 0 Å². The fourth-order valence-electron chi connectivity index (χ4n) is 4.32. The van der Waals surface area contributed by atoms with Crippen LogP contribution in [0.4, 0.5) is 5.69 Å². The Morgan fingerprint density at radius 1 is 1.00 bits per heavy atom. The molecule has 0 unspecified atom stereocenters. The van der Waals surface area contributed by atoms with Gasteiger partial charge in [-0.05, 0) is 67.6 Å². The van der Waals surface area contributed by atoms with Gasteiger partial charge in [0, 0.05) is 40.6 Å². The van der Waals surface area contributed by atoms with Crippen molar-refractivity contribution in [3.05, 3.63) is 81.4 Å². The number of nitrogens with zero attached hydrogens (tertiary/aromatic N) is 3. The summed E-state index contributed by atoms with van der Waals surface area (Å²) in [6, 6.07) is 15.3. The lowest BCUT2D eigenvalue weighted by atomic mass is 10.0. The zero-order valence-electron chi connectivity index (χ0n) is 19.0. The van der Waals surface area contributed by atoms with Gasteiger partial charge in [-0.2, -0.15) is 0 Å². The Hall–Kier alpha value is -2.65. The number of halogens is 2. The standard InChI is InChI=1S/C26H21Cl2N3O3S2/c27-19-6-9-21(10-7-19)36(32,33)31-11-1-2-17-5-8-20(14-23(17)31)34-25-13-18(12-24(28)30-25)26-29-22(15-35-26)16-3-4-16/h5-10,12-16H,1-4,11H2. The Morgan fingerprint density at radius 2 is 1.81 bits per heavy atom. The molecule has 4 aromatic rings. The predicted molar refractivity (Wildman–Crippen MR) is 143 cm³/mol. The van der Waals surface area contributed by atoms with Gasteiger partial charge in [-0.1, -0.05) is 29.3 Å². The van der Waals surface area contributed by atoms with Crippen molar-refractivity contribution in [3.8, 4) is 22.2 Å². The van der Waals surface area contributed by atoms with Gasteiger partial charge in [0.15, 0.2) is 0 Å². The Morgan fingerprint density at radius 3 is 2.58 bits per heavy atom. The molecule has 1 saturated carbocycles. The molecule has 2 aliphatic rings. The third-order valence-electron chi connectivity index (χ3n) is 6.29. The molecule has 2 aromatic heterocycles. The third kappa shape index (κ3) is 4.70. The van der Waals surface area contributed by atoms with Crippen molar-refractivity contribution >= 4 is 50.2 Å². The maximum absolute atomic E-state index is 13.4. The number of benzene rings is 2. The van der Waals surface area contributed by atoms with Crippen LogP contribution in [-0.2, 0) is 16.4 Å². The van der Waals surface area contributed by atoms with E-state index in [2.05, 4.69) is 10.4 Å². The van der Waals surface area contributed by atoms with E-state index in [0.29, 0.717) is 40.0 Å². The second-order valence-electron chi connectivity index (χ2n) is 8.90. The van der Waals surface area contributed by atoms with Gasteiger partial charge in [0.05, 0.1) is 16.3 Å². The van der Waals surface area contributed by atoms with Crippen molar-refractivity contribution in [1.82, 2.24) is 9.97 Å². The Kier molecular flexibility index (Phi) is 6.16. The number of hydrogen-bond donors (Lipinski definition) is 0. The second kappa shape index (κ2) is 9.34. The highest BCUT2D eigenvalue weighted by Gasteiger charge is 2.30. The van der Waals surface area contributed by atoms with Crippen LogP contribution in [0.15, 0.2) is 64.9 Å². The van der Waals surface area contributed by atoms with Crippen LogP contribution in [0, 0.1) is 0 Å². The third-order valence-corrected chi connectivity index (χ3v) is 9.47. The second-order valence-corrected chi connectivity index (χ2v) is 12.4. The van der Waals surface area contributed by atoms with E-state index in [1.807, 2.05) is 18.2 Å². The summed E-state index contributed by atoms with van der Waals surface area (Å²) >= 11 is 13.9. The quantitative estimate of drug-likeness (QED) is 0.232. The van der Waals surface area contributed by atoms with Gasteiger partial charge >= 0.3 is 0 Å². The largest absolute Gasteiger partial charge is 0.439 e. The minimum atomic E-state index is -3.76. The molecule has 0 radical (unpaired) electrons. The molecule has 6 nitrogen and oxygen atoms in total. The van der Waals surface area contributed by atoms with Crippen LogP contribution in [0.2, 0.25) is 10.2 Å². The summed E-state index contributed by atoms with van der Waals surface area (Å²) in [5.41, 5.74) is 3.51. The Bertz CT molecular complexity index is 1550. The van der Waals surface area contributed by atoms with E-state index in [9.17, 15) is 8.42 Å². The van der Waals surface area contributed by atoms with Crippen molar-refractivity contribution < 1.29 is 13.2 Å². The molecular weight excluding hydrogens is 537 g/mol. The SMILES string of the molecule is O=S(=O)(c1ccc(Cl)cc1)N1CCCc2ccc(Oc3cc(-c4nc(C5CC5)cs4)cc(Cl)n3)cc21. The molecule has 0 N–H and O–H groups in total. The molecule has 1 aliphatic heterocycles. The number of aromatic nitrogens is 2. The zero-order chi connectivity index (χ0) is 24.9. The number of sulfonamides is 1. The molecule has 0 atom stereocenters. The predicted octanol–water partition coefficient (Wildman–Crippen LogP) is 7.32. The molecule has 36 heavy (non-hydrogen) atoms. The summed E-state index contributed by atoms with van der Waals surface area (Å²) in [7, 11) is -3.76. The monoisotopic (exact) mass is 557 g/mol. The first-order valence-electron chi connectivity index (χ1n) is 11.6. The first-order valence-corrected chi connectivity index (χ1v) is 14.7. The van der Waals surface area contributed by atoms with Crippen LogP contribution in [0.5, 0.6) is 11.6 Å². The Labute approximate surface area is 223 Å². The summed E-state index contributed by atoms with van der Waals surface area (Å²) < 4.78 is 34.4. The van der Waals surface area contributed by atoms with Gasteiger partial charge in [0.2, 0.25) is 5.88 Å². The van der Waals surface area contributed by atoms with E-state index in [1.165, 1.54) is 29.3 Å². The van der Waals surface area contributed by atoms with E-state index in [0.717, 1.165) is 34.7 Å². The number of hydrogen-bond acceptors (Lipinski definition) is 6. The number of fused-ring (bicyclic) bond motifs is 1. The van der Waals surface area contributed by atoms with Gasteiger partial charge in [0.1, 0.15) is 15.9 Å². The lowest BCUT2D eigenvalue weighted by molar-refractivity contribution is 0.463. The molecule has 6 rings (SSSR count). The van der Waals surface area contributed by atoms with Crippen molar-refractivity contribution in [1.29, 1.82) is 0 Å². The lowest BCUT2D eigenvalue weighted by Gasteiger charge is -2.30. The first-order chi connectivity index (χ1) is 17.4. The van der Waals surface area contributed by atoms with Gasteiger partial charge in [0.25, 0.3) is 10.0 Å². The number of aryl methyl sites for hydroxylation is 1. The molecule has 0 bridgehead atoms. The number of ether oxygens (including phenoxy) is 1. The van der Waals surface area contributed by atoms with Crippen molar-refractivity contribution in [2.75, 3.05) is 10.8 Å². The van der Waals surface area contributed by atoms with Gasteiger partial charge in [-0.3, -0.25) is 4.31 Å². The highest BCUT2D eigenvalue weighted by atomic mass is 35.5. The first kappa shape index (κ1) is 23.7. The zero-order valence-corrected chi connectivity index (χ0v) is 22.2. The summed E-state index contributed by atoms with van der Waals surface area (Å²) in [4.78, 5) is 9.27. The fourth-order valence-corrected chi connectivity index (χ4v) is 7.07. The summed E-state index contributed by atoms with van der Waals surface area (Å²) in [6.45, 7) is 0.383. The van der Waals surface area contributed by atoms with E-state index in [4.69, 9.17) is 32.9 Å². The van der Waals surface area contributed by atoms with E-state index < -0.39 is 10.0 Å². The van der Waals surface area contributed by atoms with Crippen LogP contribution in [-0.4, -0.2) is 24.9 Å². The molecule has 3 heterocycles. The average molecular weight is 559 g/mol. The van der Waals surface area contributed by atoms with Crippen molar-refractivity contribution in [2.45, 2.75) is 36.5 Å². The molecule has 0 amide bonds. The smallest absolute Gasteiger partial charge is 0.264 e. The van der Waals surface area contributed by atoms with Gasteiger partial charge in [-0.25, -0.2) is 18.4 Å². The number of thiazole rings is 1. The van der Waals surface area contributed by atoms with Gasteiger partial charge in [-0.15, -0.1) is 11.3 Å².